The number of hydrogen-bond acceptors (Lipinski definition) is 3. The molecular formula is C11H23NO2. The van der Waals surface area contributed by atoms with E-state index in [0.29, 0.717) is 5.92 Å². The molecule has 3 nitrogen and oxygen atoms in total. The lowest BCUT2D eigenvalue weighted by molar-refractivity contribution is -0.260. The van der Waals surface area contributed by atoms with Crippen LogP contribution in [-0.4, -0.2) is 33.1 Å². The molecule has 1 unspecified atom stereocenters. The molecule has 1 heterocycles. The van der Waals surface area contributed by atoms with Crippen LogP contribution in [0.2, 0.25) is 0 Å². The molecule has 0 amide bonds. The Morgan fingerprint density at radius 2 is 1.86 bits per heavy atom. The van der Waals surface area contributed by atoms with Gasteiger partial charge in [0.05, 0.1) is 0 Å². The van der Waals surface area contributed by atoms with Crippen LogP contribution in [0.4, 0.5) is 0 Å². The van der Waals surface area contributed by atoms with Gasteiger partial charge in [0.25, 0.3) is 0 Å². The fourth-order valence-corrected chi connectivity index (χ4v) is 2.59. The van der Waals surface area contributed by atoms with Crippen molar-refractivity contribution < 1.29 is 10.3 Å². The van der Waals surface area contributed by atoms with Crippen molar-refractivity contribution in [3.05, 3.63) is 0 Å². The van der Waals surface area contributed by atoms with Crippen molar-refractivity contribution in [2.75, 3.05) is 6.61 Å². The van der Waals surface area contributed by atoms with Gasteiger partial charge in [-0.25, -0.2) is 0 Å². The first-order valence-electron chi connectivity index (χ1n) is 5.42. The molecule has 1 rings (SSSR count). The lowest BCUT2D eigenvalue weighted by Gasteiger charge is -2.53. The van der Waals surface area contributed by atoms with Crippen molar-refractivity contribution in [2.45, 2.75) is 58.0 Å². The highest BCUT2D eigenvalue weighted by Gasteiger charge is 2.46. The van der Waals surface area contributed by atoms with Gasteiger partial charge >= 0.3 is 0 Å². The SMILES string of the molecule is CC1(C)CCC(CCO)C(C)(C)N1O. The molecule has 0 bridgehead atoms. The van der Waals surface area contributed by atoms with Crippen LogP contribution in [0.1, 0.15) is 47.0 Å². The monoisotopic (exact) mass is 201 g/mol. The van der Waals surface area contributed by atoms with Crippen molar-refractivity contribution in [1.82, 2.24) is 5.06 Å². The van der Waals surface area contributed by atoms with Gasteiger partial charge in [0.2, 0.25) is 0 Å². The Hall–Kier alpha value is -0.120. The fraction of sp³-hybridized carbons (Fsp3) is 1.00. The second kappa shape index (κ2) is 3.80. The molecular weight excluding hydrogens is 178 g/mol. The van der Waals surface area contributed by atoms with Crippen molar-refractivity contribution in [1.29, 1.82) is 0 Å². The maximum atomic E-state index is 10.1. The molecule has 2 N–H and O–H groups in total. The summed E-state index contributed by atoms with van der Waals surface area (Å²) in [6.07, 6.45) is 2.84. The minimum Gasteiger partial charge on any atom is -0.396 e. The van der Waals surface area contributed by atoms with Crippen LogP contribution >= 0.6 is 0 Å². The van der Waals surface area contributed by atoms with E-state index in [1.165, 1.54) is 5.06 Å². The Morgan fingerprint density at radius 3 is 2.36 bits per heavy atom. The van der Waals surface area contributed by atoms with Gasteiger partial charge in [-0.2, -0.15) is 5.06 Å². The second-order valence-corrected chi connectivity index (χ2v) is 5.53. The van der Waals surface area contributed by atoms with Crippen molar-refractivity contribution in [3.63, 3.8) is 0 Å². The number of aliphatic hydroxyl groups is 1. The summed E-state index contributed by atoms with van der Waals surface area (Å²) >= 11 is 0. The van der Waals surface area contributed by atoms with Crippen molar-refractivity contribution in [3.8, 4) is 0 Å². The van der Waals surface area contributed by atoms with Crippen LogP contribution in [0.25, 0.3) is 0 Å². The molecule has 0 aliphatic carbocycles. The number of rotatable bonds is 2. The van der Waals surface area contributed by atoms with Crippen LogP contribution in [0.5, 0.6) is 0 Å². The predicted molar refractivity (Wildman–Crippen MR) is 56.2 cm³/mol. The molecule has 0 saturated carbocycles. The van der Waals surface area contributed by atoms with Crippen LogP contribution in [-0.2, 0) is 0 Å². The summed E-state index contributed by atoms with van der Waals surface area (Å²) < 4.78 is 0. The van der Waals surface area contributed by atoms with Gasteiger partial charge in [-0.05, 0) is 52.9 Å². The van der Waals surface area contributed by atoms with E-state index in [1.54, 1.807) is 0 Å². The van der Waals surface area contributed by atoms with E-state index < -0.39 is 0 Å². The number of aliphatic hydroxyl groups excluding tert-OH is 1. The molecule has 1 atom stereocenters. The average molecular weight is 201 g/mol. The third-order valence-electron chi connectivity index (χ3n) is 3.70. The maximum Gasteiger partial charge on any atom is 0.0439 e. The summed E-state index contributed by atoms with van der Waals surface area (Å²) in [5.74, 6) is 0.380. The summed E-state index contributed by atoms with van der Waals surface area (Å²) in [5, 5.41) is 20.6. The molecule has 1 aliphatic rings. The minimum atomic E-state index is -0.232. The van der Waals surface area contributed by atoms with E-state index in [2.05, 4.69) is 13.8 Å². The number of hydroxylamine groups is 2. The number of nitrogens with zero attached hydrogens (tertiary/aromatic N) is 1. The molecule has 1 aliphatic heterocycles. The van der Waals surface area contributed by atoms with E-state index in [1.807, 2.05) is 13.8 Å². The van der Waals surface area contributed by atoms with Gasteiger partial charge in [0.15, 0.2) is 0 Å². The second-order valence-electron chi connectivity index (χ2n) is 5.53. The highest BCUT2D eigenvalue weighted by molar-refractivity contribution is 4.97. The Morgan fingerprint density at radius 1 is 1.29 bits per heavy atom. The quantitative estimate of drug-likeness (QED) is 0.718. The zero-order valence-corrected chi connectivity index (χ0v) is 9.75. The molecule has 84 valence electrons. The average Bonchev–Trinajstić information content (AvgIpc) is 2.08. The largest absolute Gasteiger partial charge is 0.396 e. The van der Waals surface area contributed by atoms with Gasteiger partial charge in [-0.1, -0.05) is 0 Å². The standard InChI is InChI=1S/C11H23NO2/c1-10(2)7-5-9(6-8-13)11(3,4)12(10)14/h9,13-14H,5-8H2,1-4H3. The van der Waals surface area contributed by atoms with Crippen LogP contribution in [0.3, 0.4) is 0 Å². The third-order valence-corrected chi connectivity index (χ3v) is 3.70. The summed E-state index contributed by atoms with van der Waals surface area (Å²) in [7, 11) is 0. The first kappa shape index (κ1) is 12.0. The fourth-order valence-electron chi connectivity index (χ4n) is 2.59. The summed E-state index contributed by atoms with van der Waals surface area (Å²) in [4.78, 5) is 0. The summed E-state index contributed by atoms with van der Waals surface area (Å²) in [5.41, 5.74) is -0.375. The van der Waals surface area contributed by atoms with Crippen LogP contribution in [0, 0.1) is 5.92 Å². The lowest BCUT2D eigenvalue weighted by Crippen LogP contribution is -2.60. The smallest absolute Gasteiger partial charge is 0.0439 e. The van der Waals surface area contributed by atoms with E-state index in [0.717, 1.165) is 19.3 Å². The molecule has 0 aromatic rings. The van der Waals surface area contributed by atoms with Gasteiger partial charge in [0.1, 0.15) is 0 Å². The minimum absolute atomic E-state index is 0.143. The Labute approximate surface area is 86.7 Å². The molecule has 1 saturated heterocycles. The number of hydrogen-bond donors (Lipinski definition) is 2. The van der Waals surface area contributed by atoms with E-state index in [-0.39, 0.29) is 17.7 Å². The highest BCUT2D eigenvalue weighted by atomic mass is 16.5. The first-order chi connectivity index (χ1) is 6.32. The van der Waals surface area contributed by atoms with Gasteiger partial charge in [-0.3, -0.25) is 0 Å². The van der Waals surface area contributed by atoms with E-state index in [4.69, 9.17) is 5.11 Å². The summed E-state index contributed by atoms with van der Waals surface area (Å²) in [6.45, 7) is 8.43. The molecule has 3 heteroatoms. The normalized spacial score (nSPS) is 31.7. The highest BCUT2D eigenvalue weighted by Crippen LogP contribution is 2.41. The van der Waals surface area contributed by atoms with Crippen LogP contribution in [0.15, 0.2) is 0 Å². The van der Waals surface area contributed by atoms with Crippen LogP contribution < -0.4 is 0 Å². The van der Waals surface area contributed by atoms with E-state index in [9.17, 15) is 5.21 Å². The number of piperidine rings is 1. The van der Waals surface area contributed by atoms with Gasteiger partial charge < -0.3 is 10.3 Å². The van der Waals surface area contributed by atoms with E-state index >= 15 is 0 Å². The summed E-state index contributed by atoms with van der Waals surface area (Å²) in [6, 6.07) is 0. The van der Waals surface area contributed by atoms with Crippen molar-refractivity contribution >= 4 is 0 Å². The van der Waals surface area contributed by atoms with Gasteiger partial charge in [-0.15, -0.1) is 0 Å². The Kier molecular flexibility index (Phi) is 3.24. The molecule has 0 radical (unpaired) electrons. The molecule has 0 spiro atoms. The lowest BCUT2D eigenvalue weighted by atomic mass is 9.73. The molecule has 0 aromatic heterocycles. The first-order valence-corrected chi connectivity index (χ1v) is 5.42. The predicted octanol–water partition coefficient (Wildman–Crippen LogP) is 2.03. The topological polar surface area (TPSA) is 43.7 Å². The Bertz CT molecular complexity index is 201. The van der Waals surface area contributed by atoms with Gasteiger partial charge in [0, 0.05) is 17.7 Å². The zero-order valence-electron chi connectivity index (χ0n) is 9.75. The molecule has 1 fully saturated rings. The Balaban J connectivity index is 2.79. The zero-order chi connectivity index (χ0) is 11.0. The molecule has 14 heavy (non-hydrogen) atoms. The molecule has 0 aromatic carbocycles. The maximum absolute atomic E-state index is 10.1. The third kappa shape index (κ3) is 1.95. The van der Waals surface area contributed by atoms with Crippen molar-refractivity contribution in [2.24, 2.45) is 5.92 Å².